The van der Waals surface area contributed by atoms with Gasteiger partial charge in [-0.05, 0) is 74.0 Å². The maximum Gasteiger partial charge on any atom is 0.416 e. The van der Waals surface area contributed by atoms with Gasteiger partial charge in [0, 0.05) is 16.8 Å². The SMILES string of the molecule is CC(C)(C)[N+]1(C(=O)[O-])CC[C@@H](N2C(=O)S/C(=C\c3ccc4c(cnn4Cc4ccc(Cl)cc4C(F)(F)F)c3)C2=O)[C@H](F)C1. The molecule has 0 saturated carbocycles. The molecule has 2 fully saturated rings. The highest BCUT2D eigenvalue weighted by Crippen LogP contribution is 2.40. The maximum atomic E-state index is 15.5. The summed E-state index contributed by atoms with van der Waals surface area (Å²) in [5.74, 6) is -0.676. The standard InChI is InChI=1S/C29H27ClF4N4O4S/c1-28(2,3)38(27(41)42)9-8-23(21(31)15-38)37-25(39)24(43-26(37)40)11-16-4-7-22-18(10-16)13-35-36(22)14-17-5-6-19(30)12-20(17)29(32,33)34/h4-7,10-13,21,23H,8-9,14-15H2,1-3H3/b24-11-/t21-,23-,38?/m1/s1. The molecule has 3 atom stereocenters. The minimum Gasteiger partial charge on any atom is -0.498 e. The lowest BCUT2D eigenvalue weighted by Gasteiger charge is -2.52. The minimum atomic E-state index is -4.60. The molecule has 1 aromatic heterocycles. The van der Waals surface area contributed by atoms with Crippen molar-refractivity contribution >= 4 is 57.6 Å². The van der Waals surface area contributed by atoms with Crippen molar-refractivity contribution in [2.24, 2.45) is 0 Å². The van der Waals surface area contributed by atoms with E-state index in [1.807, 2.05) is 0 Å². The van der Waals surface area contributed by atoms with Gasteiger partial charge in [-0.2, -0.15) is 18.3 Å². The third-order valence-electron chi connectivity index (χ3n) is 8.16. The Morgan fingerprint density at radius 3 is 2.53 bits per heavy atom. The topological polar surface area (TPSA) is 95.3 Å². The van der Waals surface area contributed by atoms with E-state index in [-0.39, 0.29) is 35.0 Å². The number of aromatic nitrogens is 2. The van der Waals surface area contributed by atoms with Gasteiger partial charge in [0.15, 0.2) is 6.17 Å². The van der Waals surface area contributed by atoms with Crippen LogP contribution in [0.5, 0.6) is 0 Å². The van der Waals surface area contributed by atoms with E-state index in [1.165, 1.54) is 29.1 Å². The number of quaternary nitrogens is 1. The summed E-state index contributed by atoms with van der Waals surface area (Å²) in [4.78, 5) is 39.1. The molecule has 1 unspecified atom stereocenters. The van der Waals surface area contributed by atoms with Crippen LogP contribution in [0.15, 0.2) is 47.5 Å². The fraction of sp³-hybridized carbons (Fsp3) is 0.379. The number of piperidine rings is 1. The summed E-state index contributed by atoms with van der Waals surface area (Å²) >= 11 is 6.45. The Labute approximate surface area is 253 Å². The second kappa shape index (κ2) is 10.9. The first-order valence-electron chi connectivity index (χ1n) is 13.3. The van der Waals surface area contributed by atoms with E-state index in [0.717, 1.165) is 11.0 Å². The van der Waals surface area contributed by atoms with Crippen molar-refractivity contribution in [3.05, 3.63) is 69.2 Å². The average Bonchev–Trinajstić information content (AvgIpc) is 3.42. The molecule has 3 aromatic rings. The Morgan fingerprint density at radius 2 is 1.91 bits per heavy atom. The molecular formula is C29H27ClF4N4O4S. The number of amides is 3. The van der Waals surface area contributed by atoms with Crippen LogP contribution in [0.25, 0.3) is 17.0 Å². The monoisotopic (exact) mass is 638 g/mol. The van der Waals surface area contributed by atoms with Crippen LogP contribution in [0.3, 0.4) is 0 Å². The zero-order valence-corrected chi connectivity index (χ0v) is 24.9. The van der Waals surface area contributed by atoms with Crippen molar-refractivity contribution < 1.29 is 41.5 Å². The molecule has 0 radical (unpaired) electrons. The lowest BCUT2D eigenvalue weighted by Crippen LogP contribution is -2.73. The Morgan fingerprint density at radius 1 is 1.19 bits per heavy atom. The van der Waals surface area contributed by atoms with Gasteiger partial charge in [-0.15, -0.1) is 0 Å². The van der Waals surface area contributed by atoms with Gasteiger partial charge in [0.25, 0.3) is 17.2 Å². The minimum absolute atomic E-state index is 0.00116. The van der Waals surface area contributed by atoms with Crippen molar-refractivity contribution in [1.29, 1.82) is 0 Å². The molecule has 3 amide bonds. The highest BCUT2D eigenvalue weighted by molar-refractivity contribution is 8.18. The van der Waals surface area contributed by atoms with Crippen molar-refractivity contribution in [3.8, 4) is 0 Å². The van der Waals surface area contributed by atoms with Gasteiger partial charge in [0.1, 0.15) is 6.54 Å². The number of carbonyl (C=O) groups excluding carboxylic acids is 3. The van der Waals surface area contributed by atoms with Gasteiger partial charge < -0.3 is 9.90 Å². The summed E-state index contributed by atoms with van der Waals surface area (Å²) in [6.07, 6.45) is -4.84. The summed E-state index contributed by atoms with van der Waals surface area (Å²) < 4.78 is 56.9. The van der Waals surface area contributed by atoms with Crippen LogP contribution >= 0.6 is 23.4 Å². The van der Waals surface area contributed by atoms with Gasteiger partial charge in [-0.1, -0.05) is 23.7 Å². The number of imide groups is 1. The molecule has 2 aliphatic rings. The average molecular weight is 639 g/mol. The number of hydrogen-bond acceptors (Lipinski definition) is 6. The van der Waals surface area contributed by atoms with Crippen LogP contribution in [0.4, 0.5) is 27.2 Å². The number of rotatable bonds is 4. The number of carboxylic acid groups (broad SMARTS) is 1. The van der Waals surface area contributed by atoms with Crippen LogP contribution < -0.4 is 5.11 Å². The van der Waals surface area contributed by atoms with Gasteiger partial charge in [0.05, 0.1) is 46.9 Å². The van der Waals surface area contributed by atoms with Crippen LogP contribution in [-0.4, -0.2) is 67.2 Å². The third kappa shape index (κ3) is 5.65. The highest BCUT2D eigenvalue weighted by Gasteiger charge is 2.54. The zero-order chi connectivity index (χ0) is 31.5. The van der Waals surface area contributed by atoms with E-state index in [9.17, 15) is 32.7 Å². The molecule has 2 saturated heterocycles. The van der Waals surface area contributed by atoms with Gasteiger partial charge in [-0.25, -0.2) is 4.39 Å². The molecule has 8 nitrogen and oxygen atoms in total. The van der Waals surface area contributed by atoms with E-state index in [2.05, 4.69) is 5.10 Å². The first-order valence-corrected chi connectivity index (χ1v) is 14.5. The predicted molar refractivity (Wildman–Crippen MR) is 152 cm³/mol. The summed E-state index contributed by atoms with van der Waals surface area (Å²) in [5, 5.41) is 16.2. The number of likely N-dealkylation sites (tertiary alicyclic amines) is 1. The number of carbonyl (C=O) groups is 3. The van der Waals surface area contributed by atoms with Crippen molar-refractivity contribution in [1.82, 2.24) is 14.7 Å². The van der Waals surface area contributed by atoms with Gasteiger partial charge >= 0.3 is 6.18 Å². The van der Waals surface area contributed by atoms with E-state index in [0.29, 0.717) is 28.2 Å². The number of hydrogen-bond donors (Lipinski definition) is 0. The highest BCUT2D eigenvalue weighted by atomic mass is 35.5. The zero-order valence-electron chi connectivity index (χ0n) is 23.3. The number of nitrogens with zero attached hydrogens (tertiary/aromatic N) is 4. The molecule has 228 valence electrons. The summed E-state index contributed by atoms with van der Waals surface area (Å²) in [6, 6.07) is 7.39. The number of thioether (sulfide) groups is 1. The summed E-state index contributed by atoms with van der Waals surface area (Å²) in [6.45, 7) is 4.44. The lowest BCUT2D eigenvalue weighted by atomic mass is 9.92. The molecule has 0 N–H and O–H groups in total. The smallest absolute Gasteiger partial charge is 0.416 e. The Kier molecular flexibility index (Phi) is 7.89. The van der Waals surface area contributed by atoms with E-state index in [1.54, 1.807) is 39.0 Å². The molecule has 3 heterocycles. The molecule has 2 aromatic carbocycles. The molecule has 14 heteroatoms. The van der Waals surface area contributed by atoms with E-state index < -0.39 is 57.8 Å². The maximum absolute atomic E-state index is 15.5. The molecular weight excluding hydrogens is 612 g/mol. The second-order valence-corrected chi connectivity index (χ2v) is 13.1. The number of benzene rings is 2. The quantitative estimate of drug-likeness (QED) is 0.202. The van der Waals surface area contributed by atoms with Crippen LogP contribution in [0.1, 0.15) is 43.9 Å². The second-order valence-electron chi connectivity index (χ2n) is 11.7. The van der Waals surface area contributed by atoms with E-state index in [4.69, 9.17) is 11.6 Å². The Hall–Kier alpha value is -3.42. The number of halogens is 5. The van der Waals surface area contributed by atoms with Crippen LogP contribution in [0, 0.1) is 0 Å². The fourth-order valence-electron chi connectivity index (χ4n) is 5.73. The van der Waals surface area contributed by atoms with Crippen LogP contribution in [0.2, 0.25) is 5.02 Å². The molecule has 43 heavy (non-hydrogen) atoms. The molecule has 0 bridgehead atoms. The van der Waals surface area contributed by atoms with E-state index >= 15 is 4.39 Å². The lowest BCUT2D eigenvalue weighted by molar-refractivity contribution is -0.926. The first-order chi connectivity index (χ1) is 20.0. The normalized spacial score (nSPS) is 24.4. The van der Waals surface area contributed by atoms with Crippen molar-refractivity contribution in [2.45, 2.75) is 57.7 Å². The largest absolute Gasteiger partial charge is 0.498 e. The Balaban J connectivity index is 1.36. The Bertz CT molecular complexity index is 1670. The molecule has 0 spiro atoms. The summed E-state index contributed by atoms with van der Waals surface area (Å²) in [5.41, 5.74) is -0.640. The van der Waals surface area contributed by atoms with Crippen molar-refractivity contribution in [3.63, 3.8) is 0 Å². The third-order valence-corrected chi connectivity index (χ3v) is 9.28. The number of alkyl halides is 4. The predicted octanol–water partition coefficient (Wildman–Crippen LogP) is 5.86. The molecule has 0 aliphatic carbocycles. The first kappa shape index (κ1) is 31.0. The van der Waals surface area contributed by atoms with Crippen molar-refractivity contribution in [2.75, 3.05) is 13.1 Å². The van der Waals surface area contributed by atoms with Crippen LogP contribution in [-0.2, 0) is 17.5 Å². The molecule has 2 aliphatic heterocycles. The number of fused-ring (bicyclic) bond motifs is 1. The molecule has 5 rings (SSSR count). The summed E-state index contributed by atoms with van der Waals surface area (Å²) in [7, 11) is 0. The van der Waals surface area contributed by atoms with Gasteiger partial charge in [0.2, 0.25) is 0 Å². The fourth-order valence-corrected chi connectivity index (χ4v) is 6.79. The van der Waals surface area contributed by atoms with Gasteiger partial charge in [-0.3, -0.25) is 23.7 Å².